The maximum Gasteiger partial charge on any atom is 0.433 e. The van der Waals surface area contributed by atoms with Gasteiger partial charge in [0.15, 0.2) is 5.76 Å². The Bertz CT molecular complexity index is 1110. The van der Waals surface area contributed by atoms with E-state index in [1.54, 1.807) is 24.3 Å². The normalized spacial score (nSPS) is 10.4. The number of terminal acetylenes is 1. The Morgan fingerprint density at radius 2 is 2.04 bits per heavy atom. The van der Waals surface area contributed by atoms with Gasteiger partial charge in [0.2, 0.25) is 0 Å². The summed E-state index contributed by atoms with van der Waals surface area (Å²) in [6.45, 7) is -0.0202. The number of rotatable bonds is 5. The predicted molar refractivity (Wildman–Crippen MR) is 91.4 cm³/mol. The average Bonchev–Trinajstić information content (AvgIpc) is 3.13. The molecule has 0 radical (unpaired) electrons. The Labute approximate surface area is 146 Å². The number of benzene rings is 1. The molecule has 9 nitrogen and oxygen atoms in total. The zero-order chi connectivity index (χ0) is 18.7. The molecule has 0 aliphatic heterocycles. The van der Waals surface area contributed by atoms with Crippen molar-refractivity contribution in [3.05, 3.63) is 68.3 Å². The summed E-state index contributed by atoms with van der Waals surface area (Å²) in [5.41, 5.74) is 0.111. The largest absolute Gasteiger partial charge is 0.433 e. The van der Waals surface area contributed by atoms with Crippen molar-refractivity contribution in [1.29, 1.82) is 0 Å². The molecule has 26 heavy (non-hydrogen) atoms. The fourth-order valence-corrected chi connectivity index (χ4v) is 2.43. The predicted octanol–water partition coefficient (Wildman–Crippen LogP) is 1.46. The third-order valence-electron chi connectivity index (χ3n) is 3.60. The highest BCUT2D eigenvalue weighted by Gasteiger charge is 2.18. The first-order chi connectivity index (χ1) is 12.5. The fourth-order valence-electron chi connectivity index (χ4n) is 2.43. The van der Waals surface area contributed by atoms with Crippen molar-refractivity contribution in [2.45, 2.75) is 13.1 Å². The average molecular weight is 352 g/mol. The third kappa shape index (κ3) is 3.16. The summed E-state index contributed by atoms with van der Waals surface area (Å²) in [6, 6.07) is 9.12. The van der Waals surface area contributed by atoms with Crippen LogP contribution in [0.2, 0.25) is 0 Å². The third-order valence-corrected chi connectivity index (χ3v) is 3.60. The number of nitrogens with one attached hydrogen (secondary N) is 1. The van der Waals surface area contributed by atoms with Crippen LogP contribution in [0.25, 0.3) is 10.8 Å². The standard InChI is InChI=1S/C17H12N4O5/c1-2-9-20-17(23)12-6-4-3-5-11(12)13(19-20)10-18-16(22)14-7-8-15(26-14)21(24)25/h1,3-8H,9-10H2,(H,18,22). The molecule has 0 atom stereocenters. The summed E-state index contributed by atoms with van der Waals surface area (Å²) in [7, 11) is 0. The van der Waals surface area contributed by atoms with E-state index in [0.717, 1.165) is 10.7 Å². The summed E-state index contributed by atoms with van der Waals surface area (Å²) < 4.78 is 5.99. The highest BCUT2D eigenvalue weighted by molar-refractivity contribution is 5.92. The van der Waals surface area contributed by atoms with Crippen molar-refractivity contribution in [2.24, 2.45) is 0 Å². The van der Waals surface area contributed by atoms with Crippen LogP contribution in [0.1, 0.15) is 16.2 Å². The van der Waals surface area contributed by atoms with Crippen molar-refractivity contribution in [3.63, 3.8) is 0 Å². The second-order valence-corrected chi connectivity index (χ2v) is 5.24. The molecule has 1 aromatic carbocycles. The number of carbonyl (C=O) groups excluding carboxylic acids is 1. The minimum atomic E-state index is -0.735. The first-order valence-corrected chi connectivity index (χ1v) is 7.46. The van der Waals surface area contributed by atoms with Crippen LogP contribution in [-0.2, 0) is 13.1 Å². The summed E-state index contributed by atoms with van der Waals surface area (Å²) in [5, 5.41) is 18.4. The van der Waals surface area contributed by atoms with Crippen LogP contribution in [0.3, 0.4) is 0 Å². The second kappa shape index (κ2) is 6.90. The van der Waals surface area contributed by atoms with Crippen molar-refractivity contribution in [3.8, 4) is 12.3 Å². The monoisotopic (exact) mass is 352 g/mol. The smallest absolute Gasteiger partial charge is 0.395 e. The minimum absolute atomic E-state index is 0.00497. The van der Waals surface area contributed by atoms with E-state index < -0.39 is 16.7 Å². The molecule has 1 amide bonds. The SMILES string of the molecule is C#CCn1nc(CNC(=O)c2ccc([N+](=O)[O-])o2)c2ccccc2c1=O. The highest BCUT2D eigenvalue weighted by Crippen LogP contribution is 2.16. The molecule has 1 N–H and O–H groups in total. The Morgan fingerprint density at radius 3 is 2.69 bits per heavy atom. The molecule has 0 unspecified atom stereocenters. The maximum absolute atomic E-state index is 12.3. The van der Waals surface area contributed by atoms with E-state index in [-0.39, 0.29) is 24.4 Å². The quantitative estimate of drug-likeness (QED) is 0.422. The van der Waals surface area contributed by atoms with Crippen LogP contribution >= 0.6 is 0 Å². The molecule has 0 spiro atoms. The van der Waals surface area contributed by atoms with Gasteiger partial charge in [0.1, 0.15) is 11.5 Å². The van der Waals surface area contributed by atoms with E-state index in [1.807, 2.05) is 0 Å². The summed E-state index contributed by atoms with van der Waals surface area (Å²) in [6.07, 6.45) is 5.26. The fraction of sp³-hybridized carbons (Fsp3) is 0.118. The van der Waals surface area contributed by atoms with Crippen LogP contribution in [0, 0.1) is 22.5 Å². The number of fused-ring (bicyclic) bond motifs is 1. The number of amides is 1. The molecule has 0 saturated heterocycles. The van der Waals surface area contributed by atoms with Gasteiger partial charge in [-0.3, -0.25) is 19.7 Å². The van der Waals surface area contributed by atoms with Gasteiger partial charge in [-0.05, 0) is 12.1 Å². The minimum Gasteiger partial charge on any atom is -0.395 e. The molecular weight excluding hydrogens is 340 g/mol. The van der Waals surface area contributed by atoms with Crippen molar-refractivity contribution in [2.75, 3.05) is 0 Å². The lowest BCUT2D eigenvalue weighted by Crippen LogP contribution is -2.28. The Balaban J connectivity index is 1.89. The van der Waals surface area contributed by atoms with E-state index in [9.17, 15) is 19.7 Å². The Hall–Kier alpha value is -3.93. The lowest BCUT2D eigenvalue weighted by atomic mass is 10.1. The van der Waals surface area contributed by atoms with Gasteiger partial charge in [-0.25, -0.2) is 4.68 Å². The number of furan rings is 1. The number of nitrogens with zero attached hydrogens (tertiary/aromatic N) is 3. The lowest BCUT2D eigenvalue weighted by Gasteiger charge is -2.09. The molecule has 0 saturated carbocycles. The van der Waals surface area contributed by atoms with Crippen LogP contribution in [0.4, 0.5) is 5.88 Å². The first-order valence-electron chi connectivity index (χ1n) is 7.46. The molecule has 3 aromatic rings. The number of aromatic nitrogens is 2. The van der Waals surface area contributed by atoms with E-state index in [0.29, 0.717) is 16.5 Å². The number of carbonyl (C=O) groups is 1. The van der Waals surface area contributed by atoms with Gasteiger partial charge in [-0.15, -0.1) is 6.42 Å². The van der Waals surface area contributed by atoms with Crippen LogP contribution in [-0.4, -0.2) is 20.6 Å². The van der Waals surface area contributed by atoms with Gasteiger partial charge in [0, 0.05) is 5.39 Å². The van der Waals surface area contributed by atoms with E-state index in [2.05, 4.69) is 16.3 Å². The van der Waals surface area contributed by atoms with Crippen molar-refractivity contribution in [1.82, 2.24) is 15.1 Å². The Morgan fingerprint density at radius 1 is 1.31 bits per heavy atom. The summed E-state index contributed by atoms with van der Waals surface area (Å²) in [5.74, 6) is 0.992. The zero-order valence-corrected chi connectivity index (χ0v) is 13.3. The second-order valence-electron chi connectivity index (χ2n) is 5.24. The van der Waals surface area contributed by atoms with E-state index in [1.165, 1.54) is 6.07 Å². The van der Waals surface area contributed by atoms with Crippen molar-refractivity contribution < 1.29 is 14.1 Å². The van der Waals surface area contributed by atoms with Gasteiger partial charge in [0.05, 0.1) is 23.7 Å². The molecule has 0 aliphatic carbocycles. The number of hydrogen-bond acceptors (Lipinski definition) is 6. The Kier molecular flexibility index (Phi) is 4.49. The van der Waals surface area contributed by atoms with Crippen molar-refractivity contribution >= 4 is 22.6 Å². The molecule has 3 rings (SSSR count). The van der Waals surface area contributed by atoms with E-state index in [4.69, 9.17) is 10.8 Å². The molecule has 0 bridgehead atoms. The zero-order valence-electron chi connectivity index (χ0n) is 13.3. The number of nitro groups is 1. The molecular formula is C17H12N4O5. The van der Waals surface area contributed by atoms with Gasteiger partial charge < -0.3 is 9.73 Å². The van der Waals surface area contributed by atoms with Gasteiger partial charge in [-0.2, -0.15) is 5.10 Å². The maximum atomic E-state index is 12.3. The van der Waals surface area contributed by atoms with Crippen LogP contribution in [0.5, 0.6) is 0 Å². The summed E-state index contributed by atoms with van der Waals surface area (Å²) >= 11 is 0. The summed E-state index contributed by atoms with van der Waals surface area (Å²) in [4.78, 5) is 34.3. The van der Waals surface area contributed by atoms with Crippen LogP contribution in [0.15, 0.2) is 45.6 Å². The molecule has 130 valence electrons. The number of hydrogen-bond donors (Lipinski definition) is 1. The highest BCUT2D eigenvalue weighted by atomic mass is 16.6. The van der Waals surface area contributed by atoms with Crippen LogP contribution < -0.4 is 10.9 Å². The molecule has 2 heterocycles. The first kappa shape index (κ1) is 16.9. The van der Waals surface area contributed by atoms with Gasteiger partial charge in [0.25, 0.3) is 11.5 Å². The van der Waals surface area contributed by atoms with Gasteiger partial charge in [-0.1, -0.05) is 24.1 Å². The lowest BCUT2D eigenvalue weighted by molar-refractivity contribution is -0.402. The molecule has 9 heteroatoms. The molecule has 0 aliphatic rings. The molecule has 2 aromatic heterocycles. The molecule has 0 fully saturated rings. The topological polar surface area (TPSA) is 120 Å². The van der Waals surface area contributed by atoms with E-state index >= 15 is 0 Å². The van der Waals surface area contributed by atoms with Gasteiger partial charge >= 0.3 is 5.88 Å².